The molecule has 2 fully saturated rings. The van der Waals surface area contributed by atoms with Crippen LogP contribution in [0.5, 0.6) is 0 Å². The first-order chi connectivity index (χ1) is 11.6. The van der Waals surface area contributed by atoms with Gasteiger partial charge in [0.2, 0.25) is 0 Å². The molecule has 2 amide bonds. The Labute approximate surface area is 143 Å². The van der Waals surface area contributed by atoms with Crippen LogP contribution in [0.25, 0.3) is 0 Å². The molecule has 1 aromatic heterocycles. The molecule has 132 valence electrons. The van der Waals surface area contributed by atoms with E-state index in [4.69, 9.17) is 0 Å². The van der Waals surface area contributed by atoms with Crippen LogP contribution in [0.15, 0.2) is 12.1 Å². The van der Waals surface area contributed by atoms with E-state index < -0.39 is 0 Å². The molecule has 1 aliphatic carbocycles. The number of carbonyl (C=O) groups is 1. The number of hydrogen-bond donors (Lipinski definition) is 3. The molecule has 1 saturated heterocycles. The molecule has 0 aromatic carbocycles. The zero-order valence-electron chi connectivity index (χ0n) is 14.4. The number of aryl methyl sites for hydroxylation is 1. The molecule has 0 radical (unpaired) electrons. The summed E-state index contributed by atoms with van der Waals surface area (Å²) in [6.07, 6.45) is 4.85. The summed E-state index contributed by atoms with van der Waals surface area (Å²) in [5.41, 5.74) is 2.07. The SMILES string of the molecule is Cc1ccc(CNC(=O)NC[C@H]2CC[C@H](O)C2)c(N2CCCC2)n1. The van der Waals surface area contributed by atoms with Gasteiger partial charge in [0.25, 0.3) is 0 Å². The lowest BCUT2D eigenvalue weighted by molar-refractivity contribution is 0.177. The summed E-state index contributed by atoms with van der Waals surface area (Å²) in [5, 5.41) is 15.4. The molecule has 0 bridgehead atoms. The largest absolute Gasteiger partial charge is 0.393 e. The molecular weight excluding hydrogens is 304 g/mol. The number of nitrogens with one attached hydrogen (secondary N) is 2. The average molecular weight is 332 g/mol. The Morgan fingerprint density at radius 1 is 1.29 bits per heavy atom. The molecule has 0 unspecified atom stereocenters. The second kappa shape index (κ2) is 7.83. The highest BCUT2D eigenvalue weighted by molar-refractivity contribution is 5.74. The van der Waals surface area contributed by atoms with Gasteiger partial charge >= 0.3 is 6.03 Å². The van der Waals surface area contributed by atoms with Crippen molar-refractivity contribution in [1.82, 2.24) is 15.6 Å². The minimum absolute atomic E-state index is 0.149. The Morgan fingerprint density at radius 3 is 2.79 bits per heavy atom. The number of hydrogen-bond acceptors (Lipinski definition) is 4. The summed E-state index contributed by atoms with van der Waals surface area (Å²) >= 11 is 0. The molecule has 24 heavy (non-hydrogen) atoms. The maximum atomic E-state index is 12.0. The fraction of sp³-hybridized carbons (Fsp3) is 0.667. The first-order valence-corrected chi connectivity index (χ1v) is 9.03. The number of urea groups is 1. The normalized spacial score (nSPS) is 23.5. The van der Waals surface area contributed by atoms with E-state index in [9.17, 15) is 9.90 Å². The molecule has 1 aromatic rings. The number of rotatable bonds is 5. The number of amides is 2. The smallest absolute Gasteiger partial charge is 0.315 e. The first kappa shape index (κ1) is 17.0. The Morgan fingerprint density at radius 2 is 2.08 bits per heavy atom. The van der Waals surface area contributed by atoms with E-state index in [0.717, 1.165) is 49.4 Å². The van der Waals surface area contributed by atoms with Crippen LogP contribution in [0.1, 0.15) is 43.4 Å². The molecule has 6 nitrogen and oxygen atoms in total. The van der Waals surface area contributed by atoms with Crippen molar-refractivity contribution in [2.45, 2.75) is 51.7 Å². The topological polar surface area (TPSA) is 77.5 Å². The van der Waals surface area contributed by atoms with Crippen molar-refractivity contribution in [1.29, 1.82) is 0 Å². The van der Waals surface area contributed by atoms with E-state index >= 15 is 0 Å². The van der Waals surface area contributed by atoms with Crippen LogP contribution < -0.4 is 15.5 Å². The van der Waals surface area contributed by atoms with E-state index in [2.05, 4.69) is 26.6 Å². The molecule has 2 atom stereocenters. The van der Waals surface area contributed by atoms with Crippen molar-refractivity contribution in [3.63, 3.8) is 0 Å². The van der Waals surface area contributed by atoms with Crippen molar-refractivity contribution in [2.24, 2.45) is 5.92 Å². The molecule has 1 saturated carbocycles. The standard InChI is InChI=1S/C18H28N4O2/c1-13-4-6-15(17(21-13)22-8-2-3-9-22)12-20-18(24)19-11-14-5-7-16(23)10-14/h4,6,14,16,23H,2-3,5,7-12H2,1H3,(H2,19,20,24)/t14-,16-/m0/s1. The molecule has 6 heteroatoms. The maximum absolute atomic E-state index is 12.0. The Bertz CT molecular complexity index is 572. The van der Waals surface area contributed by atoms with Crippen LogP contribution in [0.2, 0.25) is 0 Å². The quantitative estimate of drug-likeness (QED) is 0.770. The van der Waals surface area contributed by atoms with Crippen molar-refractivity contribution in [3.8, 4) is 0 Å². The summed E-state index contributed by atoms with van der Waals surface area (Å²) in [4.78, 5) is 19.0. The molecule has 3 N–H and O–H groups in total. The lowest BCUT2D eigenvalue weighted by Gasteiger charge is -2.21. The molecular formula is C18H28N4O2. The Balaban J connectivity index is 1.51. The number of aromatic nitrogens is 1. The molecule has 0 spiro atoms. The lowest BCUT2D eigenvalue weighted by Crippen LogP contribution is -2.38. The van der Waals surface area contributed by atoms with Gasteiger partial charge in [-0.15, -0.1) is 0 Å². The van der Waals surface area contributed by atoms with Gasteiger partial charge in [0, 0.05) is 37.4 Å². The van der Waals surface area contributed by atoms with Gasteiger partial charge in [0.05, 0.1) is 6.10 Å². The monoisotopic (exact) mass is 332 g/mol. The zero-order chi connectivity index (χ0) is 16.9. The predicted octanol–water partition coefficient (Wildman–Crippen LogP) is 1.95. The van der Waals surface area contributed by atoms with Crippen molar-refractivity contribution >= 4 is 11.8 Å². The maximum Gasteiger partial charge on any atom is 0.315 e. The third kappa shape index (κ3) is 4.38. The molecule has 2 heterocycles. The van der Waals surface area contributed by atoms with E-state index in [1.54, 1.807) is 0 Å². The summed E-state index contributed by atoms with van der Waals surface area (Å²) in [7, 11) is 0. The van der Waals surface area contributed by atoms with Crippen molar-refractivity contribution in [3.05, 3.63) is 23.4 Å². The summed E-state index contributed by atoms with van der Waals surface area (Å²) < 4.78 is 0. The van der Waals surface area contributed by atoms with Gasteiger partial charge in [0.15, 0.2) is 0 Å². The van der Waals surface area contributed by atoms with E-state index in [1.165, 1.54) is 12.8 Å². The third-order valence-electron chi connectivity index (χ3n) is 5.01. The predicted molar refractivity (Wildman–Crippen MR) is 94.0 cm³/mol. The van der Waals surface area contributed by atoms with Gasteiger partial charge < -0.3 is 20.6 Å². The fourth-order valence-corrected chi connectivity index (χ4v) is 3.62. The Hall–Kier alpha value is -1.82. The highest BCUT2D eigenvalue weighted by atomic mass is 16.3. The van der Waals surface area contributed by atoms with Crippen molar-refractivity contribution in [2.75, 3.05) is 24.5 Å². The van der Waals surface area contributed by atoms with E-state index in [1.807, 2.05) is 13.0 Å². The minimum Gasteiger partial charge on any atom is -0.393 e. The summed E-state index contributed by atoms with van der Waals surface area (Å²) in [6, 6.07) is 3.90. The number of pyridine rings is 1. The fourth-order valence-electron chi connectivity index (χ4n) is 3.62. The van der Waals surface area contributed by atoms with Gasteiger partial charge in [-0.2, -0.15) is 0 Å². The summed E-state index contributed by atoms with van der Waals surface area (Å²) in [5.74, 6) is 1.40. The number of aliphatic hydroxyl groups excluding tert-OH is 1. The number of anilines is 1. The van der Waals surface area contributed by atoms with E-state index in [-0.39, 0.29) is 12.1 Å². The average Bonchev–Trinajstić information content (AvgIpc) is 3.23. The van der Waals surface area contributed by atoms with Gasteiger partial charge in [-0.25, -0.2) is 9.78 Å². The number of nitrogens with zero attached hydrogens (tertiary/aromatic N) is 2. The number of carbonyl (C=O) groups excluding carboxylic acids is 1. The second-order valence-electron chi connectivity index (χ2n) is 7.03. The lowest BCUT2D eigenvalue weighted by atomic mass is 10.1. The van der Waals surface area contributed by atoms with Crippen LogP contribution >= 0.6 is 0 Å². The van der Waals surface area contributed by atoms with Crippen LogP contribution in [-0.4, -0.2) is 41.9 Å². The van der Waals surface area contributed by atoms with Crippen LogP contribution in [0.4, 0.5) is 10.6 Å². The van der Waals surface area contributed by atoms with Crippen LogP contribution in [0.3, 0.4) is 0 Å². The zero-order valence-corrected chi connectivity index (χ0v) is 14.4. The van der Waals surface area contributed by atoms with Crippen LogP contribution in [-0.2, 0) is 6.54 Å². The second-order valence-corrected chi connectivity index (χ2v) is 7.03. The van der Waals surface area contributed by atoms with Gasteiger partial charge in [-0.05, 0) is 51.0 Å². The Kier molecular flexibility index (Phi) is 5.56. The van der Waals surface area contributed by atoms with Crippen LogP contribution in [0, 0.1) is 12.8 Å². The first-order valence-electron chi connectivity index (χ1n) is 9.03. The molecule has 2 aliphatic rings. The molecule has 1 aliphatic heterocycles. The highest BCUT2D eigenvalue weighted by Crippen LogP contribution is 2.25. The van der Waals surface area contributed by atoms with E-state index in [0.29, 0.717) is 19.0 Å². The number of aliphatic hydroxyl groups is 1. The molecule has 3 rings (SSSR count). The summed E-state index contributed by atoms with van der Waals surface area (Å²) in [6.45, 7) is 5.20. The highest BCUT2D eigenvalue weighted by Gasteiger charge is 2.23. The van der Waals surface area contributed by atoms with Crippen molar-refractivity contribution < 1.29 is 9.90 Å². The third-order valence-corrected chi connectivity index (χ3v) is 5.01. The van der Waals surface area contributed by atoms with Gasteiger partial charge in [-0.3, -0.25) is 0 Å². The van der Waals surface area contributed by atoms with Gasteiger partial charge in [-0.1, -0.05) is 6.07 Å². The minimum atomic E-state index is -0.193. The van der Waals surface area contributed by atoms with Gasteiger partial charge in [0.1, 0.15) is 5.82 Å².